The van der Waals surface area contributed by atoms with Crippen LogP contribution in [0.4, 0.5) is 26.3 Å². The average molecular weight is 337 g/mol. The lowest BCUT2D eigenvalue weighted by atomic mass is 10.1. The maximum atomic E-state index is 12.7. The first kappa shape index (κ1) is 16.9. The number of aryl methyl sites for hydroxylation is 1. The Hall–Kier alpha value is -2.45. The molecular weight excluding hydrogens is 328 g/mol. The lowest BCUT2D eigenvalue weighted by molar-refractivity contribution is -0.612. The fourth-order valence-electron chi connectivity index (χ4n) is 1.76. The van der Waals surface area contributed by atoms with Crippen LogP contribution >= 0.6 is 0 Å². The topological polar surface area (TPSA) is 36.2 Å². The summed E-state index contributed by atoms with van der Waals surface area (Å²) in [6.45, 7) is 1.41. The largest absolute Gasteiger partial charge is 0.619 e. The van der Waals surface area contributed by atoms with Gasteiger partial charge in [-0.25, -0.2) is 0 Å². The van der Waals surface area contributed by atoms with E-state index in [1.807, 2.05) is 0 Å². The molecule has 2 rings (SSSR count). The van der Waals surface area contributed by atoms with Crippen molar-refractivity contribution in [3.05, 3.63) is 58.6 Å². The highest BCUT2D eigenvalue weighted by Gasteiger charge is 2.37. The summed E-state index contributed by atoms with van der Waals surface area (Å²) >= 11 is 0. The van der Waals surface area contributed by atoms with Crippen LogP contribution in [0.2, 0.25) is 0 Å². The van der Waals surface area contributed by atoms with Crippen molar-refractivity contribution < 1.29 is 35.8 Å². The molecule has 1 aromatic carbocycles. The van der Waals surface area contributed by atoms with E-state index in [9.17, 15) is 31.5 Å². The minimum atomic E-state index is -4.95. The van der Waals surface area contributed by atoms with Crippen molar-refractivity contribution in [2.24, 2.45) is 0 Å². The molecule has 0 aliphatic rings. The van der Waals surface area contributed by atoms with Gasteiger partial charge >= 0.3 is 12.4 Å². The van der Waals surface area contributed by atoms with Gasteiger partial charge in [0.1, 0.15) is 11.5 Å². The molecule has 9 heteroatoms. The van der Waals surface area contributed by atoms with Crippen molar-refractivity contribution in [1.29, 1.82) is 0 Å². The summed E-state index contributed by atoms with van der Waals surface area (Å²) in [5, 5.41) is 11.2. The van der Waals surface area contributed by atoms with E-state index in [1.54, 1.807) is 0 Å². The van der Waals surface area contributed by atoms with Crippen molar-refractivity contribution in [3.63, 3.8) is 0 Å². The predicted molar refractivity (Wildman–Crippen MR) is 66.7 cm³/mol. The van der Waals surface area contributed by atoms with E-state index in [1.165, 1.54) is 13.0 Å². The molecule has 2 aromatic rings. The molecule has 0 bridgehead atoms. The Morgan fingerprint density at radius 3 is 1.83 bits per heavy atom. The zero-order chi connectivity index (χ0) is 17.4. The summed E-state index contributed by atoms with van der Waals surface area (Å²) in [7, 11) is 0. The van der Waals surface area contributed by atoms with E-state index in [0.29, 0.717) is 16.9 Å². The van der Waals surface area contributed by atoms with E-state index in [2.05, 4.69) is 0 Å². The summed E-state index contributed by atoms with van der Waals surface area (Å²) < 4.78 is 81.9. The summed E-state index contributed by atoms with van der Waals surface area (Å²) in [6, 6.07) is 3.26. The minimum absolute atomic E-state index is 0.00863. The summed E-state index contributed by atoms with van der Waals surface area (Å²) in [6.07, 6.45) is -8.88. The standard InChI is InChI=1S/C14H9F6NO2/c1-8-4-11(2-3-21(8)22)23-12-6-9(13(15,16)17)5-10(7-12)14(18,19)20/h2-7H,1H3. The Bertz CT molecular complexity index is 692. The van der Waals surface area contributed by atoms with Gasteiger partial charge < -0.3 is 9.94 Å². The molecule has 0 atom stereocenters. The van der Waals surface area contributed by atoms with E-state index in [0.717, 1.165) is 12.3 Å². The lowest BCUT2D eigenvalue weighted by Gasteiger charge is -2.14. The Labute approximate surface area is 126 Å². The first-order valence-corrected chi connectivity index (χ1v) is 6.14. The molecule has 0 fully saturated rings. The molecule has 3 nitrogen and oxygen atoms in total. The predicted octanol–water partition coefficient (Wildman–Crippen LogP) is 4.46. The van der Waals surface area contributed by atoms with Gasteiger partial charge in [-0.3, -0.25) is 0 Å². The van der Waals surface area contributed by atoms with Gasteiger partial charge in [0.25, 0.3) is 0 Å². The van der Waals surface area contributed by atoms with Crippen LogP contribution in [0, 0.1) is 12.1 Å². The first-order chi connectivity index (χ1) is 10.5. The molecule has 0 saturated heterocycles. The second-order valence-corrected chi connectivity index (χ2v) is 4.67. The average Bonchev–Trinajstić information content (AvgIpc) is 2.41. The highest BCUT2D eigenvalue weighted by atomic mass is 19.4. The number of nitrogens with zero attached hydrogens (tertiary/aromatic N) is 1. The highest BCUT2D eigenvalue weighted by Crippen LogP contribution is 2.39. The second-order valence-electron chi connectivity index (χ2n) is 4.67. The van der Waals surface area contributed by atoms with Gasteiger partial charge in [-0.2, -0.15) is 31.1 Å². The van der Waals surface area contributed by atoms with Gasteiger partial charge in [-0.1, -0.05) is 0 Å². The molecule has 0 spiro atoms. The van der Waals surface area contributed by atoms with Gasteiger partial charge in [0.2, 0.25) is 0 Å². The van der Waals surface area contributed by atoms with Gasteiger partial charge in [0.15, 0.2) is 11.9 Å². The van der Waals surface area contributed by atoms with Crippen LogP contribution in [-0.2, 0) is 12.4 Å². The van der Waals surface area contributed by atoms with Crippen LogP contribution in [0.15, 0.2) is 36.5 Å². The molecule has 0 unspecified atom stereocenters. The van der Waals surface area contributed by atoms with Crippen LogP contribution in [0.25, 0.3) is 0 Å². The molecule has 0 radical (unpaired) electrons. The Kier molecular flexibility index (Phi) is 4.14. The SMILES string of the molecule is Cc1cc(Oc2cc(C(F)(F)F)cc(C(F)(F)F)c2)cc[n+]1[O-]. The van der Waals surface area contributed by atoms with Crippen molar-refractivity contribution in [2.45, 2.75) is 19.3 Å². The van der Waals surface area contributed by atoms with Gasteiger partial charge in [0.05, 0.1) is 11.1 Å². The minimum Gasteiger partial charge on any atom is -0.619 e. The molecule has 23 heavy (non-hydrogen) atoms. The number of ether oxygens (including phenoxy) is 1. The smallest absolute Gasteiger partial charge is 0.416 e. The number of hydrogen-bond donors (Lipinski definition) is 0. The maximum Gasteiger partial charge on any atom is 0.416 e. The lowest BCUT2D eigenvalue weighted by Crippen LogP contribution is -2.28. The molecule has 0 amide bonds. The van der Waals surface area contributed by atoms with Crippen LogP contribution in [0.5, 0.6) is 11.5 Å². The zero-order valence-corrected chi connectivity index (χ0v) is 11.5. The van der Waals surface area contributed by atoms with Gasteiger partial charge in [0, 0.05) is 19.1 Å². The highest BCUT2D eigenvalue weighted by molar-refractivity contribution is 5.39. The van der Waals surface area contributed by atoms with Crippen LogP contribution < -0.4 is 9.47 Å². The van der Waals surface area contributed by atoms with Gasteiger partial charge in [-0.05, 0) is 18.2 Å². The Morgan fingerprint density at radius 1 is 0.870 bits per heavy atom. The number of halogens is 6. The summed E-state index contributed by atoms with van der Waals surface area (Å²) in [4.78, 5) is 0. The maximum absolute atomic E-state index is 12.7. The number of pyridine rings is 1. The third-order valence-electron chi connectivity index (χ3n) is 2.87. The van der Waals surface area contributed by atoms with E-state index in [4.69, 9.17) is 4.74 Å². The monoisotopic (exact) mass is 337 g/mol. The zero-order valence-electron chi connectivity index (χ0n) is 11.5. The fourth-order valence-corrected chi connectivity index (χ4v) is 1.76. The van der Waals surface area contributed by atoms with Crippen LogP contribution in [-0.4, -0.2) is 0 Å². The van der Waals surface area contributed by atoms with Crippen molar-refractivity contribution in [3.8, 4) is 11.5 Å². The summed E-state index contributed by atoms with van der Waals surface area (Å²) in [5.74, 6) is -0.683. The number of alkyl halides is 6. The number of aromatic nitrogens is 1. The van der Waals surface area contributed by atoms with Crippen LogP contribution in [0.3, 0.4) is 0 Å². The molecule has 1 heterocycles. The van der Waals surface area contributed by atoms with E-state index >= 15 is 0 Å². The summed E-state index contributed by atoms with van der Waals surface area (Å²) in [5.41, 5.74) is -2.78. The normalized spacial score (nSPS) is 12.3. The third kappa shape index (κ3) is 4.05. The molecule has 0 N–H and O–H groups in total. The first-order valence-electron chi connectivity index (χ1n) is 6.14. The molecule has 1 aromatic heterocycles. The molecule has 0 saturated carbocycles. The molecule has 0 aliphatic heterocycles. The number of hydrogen-bond acceptors (Lipinski definition) is 2. The molecule has 124 valence electrons. The van der Waals surface area contributed by atoms with Crippen molar-refractivity contribution in [1.82, 2.24) is 0 Å². The second kappa shape index (κ2) is 5.64. The fraction of sp³-hybridized carbons (Fsp3) is 0.214. The number of benzene rings is 1. The Balaban J connectivity index is 2.46. The molecule has 0 aliphatic carbocycles. The van der Waals surface area contributed by atoms with Crippen LogP contribution in [0.1, 0.15) is 16.8 Å². The third-order valence-corrected chi connectivity index (χ3v) is 2.87. The quantitative estimate of drug-likeness (QED) is 0.461. The molecular formula is C14H9F6NO2. The van der Waals surface area contributed by atoms with Gasteiger partial charge in [-0.15, -0.1) is 0 Å². The number of rotatable bonds is 2. The van der Waals surface area contributed by atoms with E-state index in [-0.39, 0.29) is 17.5 Å². The Morgan fingerprint density at radius 2 is 1.39 bits per heavy atom. The van der Waals surface area contributed by atoms with Crippen molar-refractivity contribution >= 4 is 0 Å². The van der Waals surface area contributed by atoms with Crippen molar-refractivity contribution in [2.75, 3.05) is 0 Å². The van der Waals surface area contributed by atoms with E-state index < -0.39 is 29.2 Å².